The molecule has 6 heteroatoms. The van der Waals surface area contributed by atoms with Crippen molar-refractivity contribution >= 4 is 11.6 Å². The van der Waals surface area contributed by atoms with E-state index in [1.54, 1.807) is 0 Å². The average molecular weight is 385 g/mol. The molecule has 1 fully saturated rings. The summed E-state index contributed by atoms with van der Waals surface area (Å²) in [5.74, 6) is 1.54. The van der Waals surface area contributed by atoms with Crippen LogP contribution in [0.5, 0.6) is 0 Å². The molecule has 0 atom stereocenters. The van der Waals surface area contributed by atoms with Gasteiger partial charge in [-0.2, -0.15) is 5.10 Å². The summed E-state index contributed by atoms with van der Waals surface area (Å²) >= 11 is 5.99. The van der Waals surface area contributed by atoms with Crippen LogP contribution in [0.3, 0.4) is 0 Å². The van der Waals surface area contributed by atoms with Crippen molar-refractivity contribution in [3.05, 3.63) is 57.7 Å². The molecule has 0 radical (unpaired) electrons. The molecule has 0 saturated heterocycles. The number of halogens is 1. The summed E-state index contributed by atoms with van der Waals surface area (Å²) in [4.78, 5) is 7.29. The van der Waals surface area contributed by atoms with E-state index in [2.05, 4.69) is 23.8 Å². The van der Waals surface area contributed by atoms with Crippen molar-refractivity contribution in [2.45, 2.75) is 52.7 Å². The van der Waals surface area contributed by atoms with Gasteiger partial charge in [0.25, 0.3) is 0 Å². The minimum Gasteiger partial charge on any atom is -0.441 e. The van der Waals surface area contributed by atoms with Gasteiger partial charge >= 0.3 is 0 Å². The fraction of sp³-hybridized carbons (Fsp3) is 0.429. The second kappa shape index (κ2) is 7.13. The zero-order valence-corrected chi connectivity index (χ0v) is 17.0. The van der Waals surface area contributed by atoms with Crippen molar-refractivity contribution in [1.82, 2.24) is 19.7 Å². The topological polar surface area (TPSA) is 47.1 Å². The fourth-order valence-corrected chi connectivity index (χ4v) is 3.61. The van der Waals surface area contributed by atoms with E-state index in [9.17, 15) is 0 Å². The Morgan fingerprint density at radius 1 is 1.15 bits per heavy atom. The second-order valence-electron chi connectivity index (χ2n) is 7.44. The molecule has 1 aliphatic rings. The Hall–Kier alpha value is -2.11. The Labute approximate surface area is 165 Å². The van der Waals surface area contributed by atoms with E-state index >= 15 is 0 Å². The lowest BCUT2D eigenvalue weighted by Crippen LogP contribution is -2.26. The van der Waals surface area contributed by atoms with Crippen LogP contribution >= 0.6 is 11.6 Å². The van der Waals surface area contributed by atoms with E-state index in [1.807, 2.05) is 42.9 Å². The lowest BCUT2D eigenvalue weighted by molar-refractivity contribution is 0.241. The Balaban J connectivity index is 1.56. The Morgan fingerprint density at radius 3 is 2.44 bits per heavy atom. The number of nitrogens with zero attached hydrogens (tertiary/aromatic N) is 4. The van der Waals surface area contributed by atoms with Gasteiger partial charge in [-0.1, -0.05) is 11.6 Å². The molecule has 27 heavy (non-hydrogen) atoms. The van der Waals surface area contributed by atoms with E-state index in [0.717, 1.165) is 35.8 Å². The minimum absolute atomic E-state index is 0.624. The molecule has 4 rings (SSSR count). The monoisotopic (exact) mass is 384 g/mol. The molecule has 2 aromatic heterocycles. The third-order valence-electron chi connectivity index (χ3n) is 5.42. The molecular formula is C21H25ClN4O. The van der Waals surface area contributed by atoms with Crippen molar-refractivity contribution in [3.8, 4) is 11.5 Å². The Kier molecular flexibility index (Phi) is 4.82. The molecule has 1 saturated carbocycles. The number of oxazole rings is 1. The molecule has 3 aromatic rings. The van der Waals surface area contributed by atoms with Gasteiger partial charge in [0.15, 0.2) is 0 Å². The van der Waals surface area contributed by atoms with Gasteiger partial charge in [-0.15, -0.1) is 0 Å². The largest absolute Gasteiger partial charge is 0.441 e. The summed E-state index contributed by atoms with van der Waals surface area (Å²) in [5.41, 5.74) is 5.62. The van der Waals surface area contributed by atoms with Crippen LogP contribution < -0.4 is 0 Å². The number of hydrogen-bond donors (Lipinski definition) is 0. The highest BCUT2D eigenvalue weighted by molar-refractivity contribution is 6.30. The molecule has 142 valence electrons. The number of benzene rings is 1. The van der Waals surface area contributed by atoms with Crippen LogP contribution in [0.25, 0.3) is 11.5 Å². The molecule has 5 nitrogen and oxygen atoms in total. The van der Waals surface area contributed by atoms with Crippen molar-refractivity contribution in [2.24, 2.45) is 7.05 Å². The van der Waals surface area contributed by atoms with Crippen LogP contribution in [0.1, 0.15) is 41.2 Å². The fourth-order valence-electron chi connectivity index (χ4n) is 3.49. The van der Waals surface area contributed by atoms with Gasteiger partial charge in [-0.05, 0) is 57.9 Å². The van der Waals surface area contributed by atoms with Gasteiger partial charge < -0.3 is 4.42 Å². The SMILES string of the molecule is Cc1nn(C)c(C)c1CN(Cc1nc(-c2ccc(Cl)cc2)oc1C)C1CC1. The molecule has 0 bridgehead atoms. The summed E-state index contributed by atoms with van der Waals surface area (Å²) in [7, 11) is 2.01. The molecule has 0 amide bonds. The number of aryl methyl sites for hydroxylation is 3. The predicted molar refractivity (Wildman–Crippen MR) is 107 cm³/mol. The first-order chi connectivity index (χ1) is 12.9. The highest BCUT2D eigenvalue weighted by Gasteiger charge is 2.31. The lowest BCUT2D eigenvalue weighted by Gasteiger charge is -2.21. The van der Waals surface area contributed by atoms with Gasteiger partial charge in [-0.3, -0.25) is 9.58 Å². The quantitative estimate of drug-likeness (QED) is 0.611. The van der Waals surface area contributed by atoms with Gasteiger partial charge in [0.2, 0.25) is 5.89 Å². The molecule has 0 spiro atoms. The summed E-state index contributed by atoms with van der Waals surface area (Å²) in [5, 5.41) is 5.28. The number of rotatable bonds is 6. The lowest BCUT2D eigenvalue weighted by atomic mass is 10.1. The van der Waals surface area contributed by atoms with E-state index in [-0.39, 0.29) is 0 Å². The van der Waals surface area contributed by atoms with Crippen molar-refractivity contribution < 1.29 is 4.42 Å². The van der Waals surface area contributed by atoms with Crippen molar-refractivity contribution in [3.63, 3.8) is 0 Å². The molecule has 0 unspecified atom stereocenters. The van der Waals surface area contributed by atoms with Gasteiger partial charge in [0, 0.05) is 48.0 Å². The van der Waals surface area contributed by atoms with Crippen molar-refractivity contribution in [1.29, 1.82) is 0 Å². The summed E-state index contributed by atoms with van der Waals surface area (Å²) in [6, 6.07) is 8.23. The van der Waals surface area contributed by atoms with Crippen LogP contribution in [-0.2, 0) is 20.1 Å². The first-order valence-electron chi connectivity index (χ1n) is 9.37. The zero-order valence-electron chi connectivity index (χ0n) is 16.3. The number of hydrogen-bond acceptors (Lipinski definition) is 4. The van der Waals surface area contributed by atoms with Gasteiger partial charge in [-0.25, -0.2) is 4.98 Å². The molecule has 2 heterocycles. The average Bonchev–Trinajstić information content (AvgIpc) is 3.37. The van der Waals surface area contributed by atoms with Gasteiger partial charge in [0.1, 0.15) is 5.76 Å². The first-order valence-corrected chi connectivity index (χ1v) is 9.75. The molecule has 1 aromatic carbocycles. The van der Waals surface area contributed by atoms with E-state index in [1.165, 1.54) is 24.1 Å². The molecule has 0 aliphatic heterocycles. The number of aromatic nitrogens is 3. The van der Waals surface area contributed by atoms with Crippen LogP contribution in [0, 0.1) is 20.8 Å². The smallest absolute Gasteiger partial charge is 0.226 e. The van der Waals surface area contributed by atoms with Crippen LogP contribution in [0.15, 0.2) is 28.7 Å². The zero-order chi connectivity index (χ0) is 19.1. The summed E-state index contributed by atoms with van der Waals surface area (Å²) in [6.07, 6.45) is 2.50. The van der Waals surface area contributed by atoms with Crippen LogP contribution in [0.4, 0.5) is 0 Å². The van der Waals surface area contributed by atoms with E-state index in [4.69, 9.17) is 21.0 Å². The maximum absolute atomic E-state index is 5.99. The minimum atomic E-state index is 0.624. The maximum Gasteiger partial charge on any atom is 0.226 e. The van der Waals surface area contributed by atoms with E-state index in [0.29, 0.717) is 17.0 Å². The second-order valence-corrected chi connectivity index (χ2v) is 7.87. The van der Waals surface area contributed by atoms with Crippen LogP contribution in [0.2, 0.25) is 5.02 Å². The van der Waals surface area contributed by atoms with Crippen LogP contribution in [-0.4, -0.2) is 25.7 Å². The molecule has 0 N–H and O–H groups in total. The normalized spacial score (nSPS) is 14.3. The highest BCUT2D eigenvalue weighted by Crippen LogP contribution is 2.32. The third kappa shape index (κ3) is 3.80. The standard InChI is InChI=1S/C21H25ClN4O/c1-13-19(14(2)25(4)24-13)11-26(18-9-10-18)12-20-15(3)27-21(23-20)16-5-7-17(22)8-6-16/h5-8,18H,9-12H2,1-4H3. The summed E-state index contributed by atoms with van der Waals surface area (Å²) < 4.78 is 7.91. The van der Waals surface area contributed by atoms with Crippen molar-refractivity contribution in [2.75, 3.05) is 0 Å². The third-order valence-corrected chi connectivity index (χ3v) is 5.67. The molecule has 1 aliphatic carbocycles. The van der Waals surface area contributed by atoms with E-state index < -0.39 is 0 Å². The predicted octanol–water partition coefficient (Wildman–Crippen LogP) is 4.82. The first kappa shape index (κ1) is 18.3. The summed E-state index contributed by atoms with van der Waals surface area (Å²) in [6.45, 7) is 7.92. The Bertz CT molecular complexity index is 953. The highest BCUT2D eigenvalue weighted by atomic mass is 35.5. The Morgan fingerprint density at radius 2 is 1.85 bits per heavy atom. The molecular weight excluding hydrogens is 360 g/mol. The van der Waals surface area contributed by atoms with Gasteiger partial charge in [0.05, 0.1) is 11.4 Å². The maximum atomic E-state index is 5.99.